The minimum atomic E-state index is -1.53. The largest absolute Gasteiger partial charge is 0.637 e. The van der Waals surface area contributed by atoms with Crippen LogP contribution in [0.5, 0.6) is 23.0 Å². The molecule has 0 aromatic heterocycles. The van der Waals surface area contributed by atoms with E-state index >= 15 is 0 Å². The van der Waals surface area contributed by atoms with Gasteiger partial charge in [-0.3, -0.25) is 0 Å². The van der Waals surface area contributed by atoms with Crippen LogP contribution in [-0.4, -0.2) is 36.8 Å². The molecule has 0 saturated carbocycles. The molecule has 0 spiro atoms. The SMILES string of the molecule is COc1ccc(O)c(COB(O)OCc2cc(OC)ccc2O)c1. The second-order valence-electron chi connectivity index (χ2n) is 4.92. The fraction of sp³-hybridized carbons (Fsp3) is 0.250. The Morgan fingerprint density at radius 1 is 0.792 bits per heavy atom. The van der Waals surface area contributed by atoms with E-state index in [2.05, 4.69) is 0 Å². The fourth-order valence-electron chi connectivity index (χ4n) is 1.98. The maximum absolute atomic E-state index is 9.74. The molecule has 0 radical (unpaired) electrons. The fourth-order valence-corrected chi connectivity index (χ4v) is 1.98. The van der Waals surface area contributed by atoms with Gasteiger partial charge in [0.05, 0.1) is 27.4 Å². The summed E-state index contributed by atoms with van der Waals surface area (Å²) in [4.78, 5) is 0. The zero-order chi connectivity index (χ0) is 17.5. The first-order valence-electron chi connectivity index (χ1n) is 7.16. The van der Waals surface area contributed by atoms with Crippen LogP contribution in [0.25, 0.3) is 0 Å². The van der Waals surface area contributed by atoms with Gasteiger partial charge in [-0.2, -0.15) is 0 Å². The van der Waals surface area contributed by atoms with Gasteiger partial charge < -0.3 is 34.0 Å². The second kappa shape index (κ2) is 8.44. The maximum atomic E-state index is 9.74. The lowest BCUT2D eigenvalue weighted by atomic mass is 10.1. The first kappa shape index (κ1) is 17.9. The first-order valence-corrected chi connectivity index (χ1v) is 7.16. The smallest absolute Gasteiger partial charge is 0.508 e. The van der Waals surface area contributed by atoms with Crippen LogP contribution in [0.15, 0.2) is 36.4 Å². The minimum absolute atomic E-state index is 0.0217. The Bertz CT molecular complexity index is 620. The van der Waals surface area contributed by atoms with Gasteiger partial charge in [0.25, 0.3) is 0 Å². The van der Waals surface area contributed by atoms with E-state index < -0.39 is 7.32 Å². The third-order valence-electron chi connectivity index (χ3n) is 3.34. The van der Waals surface area contributed by atoms with Gasteiger partial charge in [-0.15, -0.1) is 0 Å². The normalized spacial score (nSPS) is 10.5. The van der Waals surface area contributed by atoms with Crippen LogP contribution in [0, 0.1) is 0 Å². The number of phenolic OH excluding ortho intramolecular Hbond substituents is 2. The van der Waals surface area contributed by atoms with Crippen molar-refractivity contribution in [2.45, 2.75) is 13.2 Å². The molecule has 8 heteroatoms. The molecule has 24 heavy (non-hydrogen) atoms. The summed E-state index contributed by atoms with van der Waals surface area (Å²) in [6.07, 6.45) is 0. The average Bonchev–Trinajstić information content (AvgIpc) is 2.60. The molecule has 0 saturated heterocycles. The predicted octanol–water partition coefficient (Wildman–Crippen LogP) is 1.83. The Balaban J connectivity index is 1.89. The highest BCUT2D eigenvalue weighted by Gasteiger charge is 2.18. The number of ether oxygens (including phenoxy) is 2. The quantitative estimate of drug-likeness (QED) is 0.634. The third kappa shape index (κ3) is 4.79. The van der Waals surface area contributed by atoms with Crippen molar-refractivity contribution in [2.24, 2.45) is 0 Å². The molecule has 0 unspecified atom stereocenters. The van der Waals surface area contributed by atoms with E-state index in [9.17, 15) is 15.2 Å². The summed E-state index contributed by atoms with van der Waals surface area (Å²) in [5.41, 5.74) is 0.891. The van der Waals surface area contributed by atoms with Gasteiger partial charge in [0.15, 0.2) is 0 Å². The number of rotatable bonds is 8. The summed E-state index contributed by atoms with van der Waals surface area (Å²) >= 11 is 0. The molecule has 0 aliphatic carbocycles. The molecule has 128 valence electrons. The number of methoxy groups -OCH3 is 2. The molecule has 0 aliphatic rings. The molecule has 2 aromatic carbocycles. The molecule has 0 atom stereocenters. The van der Waals surface area contributed by atoms with Crippen molar-refractivity contribution in [3.05, 3.63) is 47.5 Å². The standard InChI is InChI=1S/C16H19BO7/c1-21-13-3-5-15(18)11(7-13)9-23-17(20)24-10-12-8-14(22-2)4-6-16(12)19/h3-8,18-20H,9-10H2,1-2H3. The molecule has 2 aromatic rings. The molecular formula is C16H19BO7. The van der Waals surface area contributed by atoms with E-state index in [0.717, 1.165) is 0 Å². The summed E-state index contributed by atoms with van der Waals surface area (Å²) in [6, 6.07) is 9.35. The Morgan fingerprint density at radius 3 is 1.58 bits per heavy atom. The van der Waals surface area contributed by atoms with Crippen molar-refractivity contribution < 1.29 is 34.0 Å². The number of aromatic hydroxyl groups is 2. The van der Waals surface area contributed by atoms with Gasteiger partial charge >= 0.3 is 7.32 Å². The van der Waals surface area contributed by atoms with Crippen LogP contribution in [0.3, 0.4) is 0 Å². The molecule has 3 N–H and O–H groups in total. The Morgan fingerprint density at radius 2 is 1.21 bits per heavy atom. The van der Waals surface area contributed by atoms with Gasteiger partial charge in [-0.05, 0) is 36.4 Å². The monoisotopic (exact) mass is 334 g/mol. The minimum Gasteiger partial charge on any atom is -0.508 e. The average molecular weight is 334 g/mol. The van der Waals surface area contributed by atoms with Crippen molar-refractivity contribution in [3.63, 3.8) is 0 Å². The van der Waals surface area contributed by atoms with Crippen LogP contribution >= 0.6 is 0 Å². The number of hydrogen-bond donors (Lipinski definition) is 3. The highest BCUT2D eigenvalue weighted by atomic mass is 16.7. The molecule has 0 aliphatic heterocycles. The van der Waals surface area contributed by atoms with Crippen molar-refractivity contribution >= 4 is 7.32 Å². The molecule has 0 bridgehead atoms. The van der Waals surface area contributed by atoms with E-state index in [1.54, 1.807) is 24.3 Å². The number of benzene rings is 2. The predicted molar refractivity (Wildman–Crippen MR) is 86.9 cm³/mol. The van der Waals surface area contributed by atoms with Gasteiger partial charge in [-0.1, -0.05) is 0 Å². The maximum Gasteiger partial charge on any atom is 0.637 e. The van der Waals surface area contributed by atoms with Gasteiger partial charge in [0, 0.05) is 11.1 Å². The zero-order valence-corrected chi connectivity index (χ0v) is 13.4. The lowest BCUT2D eigenvalue weighted by Gasteiger charge is -2.12. The molecule has 2 rings (SSSR count). The van der Waals surface area contributed by atoms with Gasteiger partial charge in [-0.25, -0.2) is 0 Å². The molecule has 0 heterocycles. The van der Waals surface area contributed by atoms with Gasteiger partial charge in [0.2, 0.25) is 0 Å². The third-order valence-corrected chi connectivity index (χ3v) is 3.34. The molecular weight excluding hydrogens is 315 g/mol. The number of phenols is 2. The van der Waals surface area contributed by atoms with E-state index in [1.165, 1.54) is 26.4 Å². The van der Waals surface area contributed by atoms with Crippen LogP contribution < -0.4 is 9.47 Å². The molecule has 7 nitrogen and oxygen atoms in total. The second-order valence-corrected chi connectivity index (χ2v) is 4.92. The van der Waals surface area contributed by atoms with Crippen molar-refractivity contribution in [1.29, 1.82) is 0 Å². The van der Waals surface area contributed by atoms with Crippen LogP contribution in [0.2, 0.25) is 0 Å². The number of hydrogen-bond acceptors (Lipinski definition) is 7. The zero-order valence-electron chi connectivity index (χ0n) is 13.4. The summed E-state index contributed by atoms with van der Waals surface area (Å²) in [6.45, 7) is -0.150. The lowest BCUT2D eigenvalue weighted by molar-refractivity contribution is 0.118. The summed E-state index contributed by atoms with van der Waals surface area (Å²) in [5.74, 6) is 1.16. The lowest BCUT2D eigenvalue weighted by Crippen LogP contribution is -2.22. The van der Waals surface area contributed by atoms with Gasteiger partial charge in [0.1, 0.15) is 23.0 Å². The first-order chi connectivity index (χ1) is 11.5. The topological polar surface area (TPSA) is 97.6 Å². The van der Waals surface area contributed by atoms with E-state index in [1.807, 2.05) is 0 Å². The van der Waals surface area contributed by atoms with Crippen molar-refractivity contribution in [3.8, 4) is 23.0 Å². The van der Waals surface area contributed by atoms with Crippen LogP contribution in [0.4, 0.5) is 0 Å². The molecule has 0 amide bonds. The van der Waals surface area contributed by atoms with E-state index in [-0.39, 0.29) is 24.7 Å². The summed E-state index contributed by atoms with van der Waals surface area (Å²) in [5, 5.41) is 29.2. The van der Waals surface area contributed by atoms with Crippen LogP contribution in [-0.2, 0) is 22.5 Å². The van der Waals surface area contributed by atoms with Crippen molar-refractivity contribution in [1.82, 2.24) is 0 Å². The molecule has 0 fully saturated rings. The summed E-state index contributed by atoms with van der Waals surface area (Å²) in [7, 11) is 1.49. The Hall–Kier alpha value is -2.42. The van der Waals surface area contributed by atoms with Crippen LogP contribution in [0.1, 0.15) is 11.1 Å². The van der Waals surface area contributed by atoms with E-state index in [4.69, 9.17) is 18.8 Å². The summed E-state index contributed by atoms with van der Waals surface area (Å²) < 4.78 is 20.4. The highest BCUT2D eigenvalue weighted by molar-refractivity contribution is 6.34. The highest BCUT2D eigenvalue weighted by Crippen LogP contribution is 2.25. The Labute approximate surface area is 140 Å². The van der Waals surface area contributed by atoms with Crippen molar-refractivity contribution in [2.75, 3.05) is 14.2 Å². The Kier molecular flexibility index (Phi) is 6.31. The van der Waals surface area contributed by atoms with E-state index in [0.29, 0.717) is 22.6 Å².